The van der Waals surface area contributed by atoms with E-state index < -0.39 is 10.9 Å². The highest BCUT2D eigenvalue weighted by molar-refractivity contribution is 5.82. The summed E-state index contributed by atoms with van der Waals surface area (Å²) < 4.78 is 9.94. The minimum atomic E-state index is -0.537. The molecule has 0 radical (unpaired) electrons. The summed E-state index contributed by atoms with van der Waals surface area (Å²) in [6.45, 7) is 0. The van der Waals surface area contributed by atoms with Crippen molar-refractivity contribution in [1.82, 2.24) is 0 Å². The van der Waals surface area contributed by atoms with Gasteiger partial charge >= 0.3 is 5.97 Å². The van der Waals surface area contributed by atoms with E-state index >= 15 is 0 Å². The van der Waals surface area contributed by atoms with Crippen molar-refractivity contribution in [2.45, 2.75) is 6.42 Å². The average molecular weight is 301 g/mol. The topological polar surface area (TPSA) is 78.7 Å². The second kappa shape index (κ2) is 6.71. The maximum atomic E-state index is 11.6. The van der Waals surface area contributed by atoms with Gasteiger partial charge in [-0.3, -0.25) is 14.9 Å². The Morgan fingerprint density at radius 3 is 2.41 bits per heavy atom. The third kappa shape index (κ3) is 3.06. The molecule has 0 unspecified atom stereocenters. The number of hydrogen-bond donors (Lipinski definition) is 0. The predicted octanol–water partition coefficient (Wildman–Crippen LogP) is 2.99. The van der Waals surface area contributed by atoms with Gasteiger partial charge in [0, 0.05) is 17.2 Å². The number of hydrogen-bond acceptors (Lipinski definition) is 5. The largest absolute Gasteiger partial charge is 0.496 e. The molecule has 0 N–H and O–H groups in total. The van der Waals surface area contributed by atoms with E-state index in [1.165, 1.54) is 20.3 Å². The van der Waals surface area contributed by atoms with Gasteiger partial charge in [0.15, 0.2) is 0 Å². The number of nitro benzene ring substituents is 1. The summed E-state index contributed by atoms with van der Waals surface area (Å²) in [4.78, 5) is 22.4. The molecule has 0 bridgehead atoms. The molecule has 114 valence electrons. The van der Waals surface area contributed by atoms with Gasteiger partial charge in [-0.25, -0.2) is 0 Å². The fraction of sp³-hybridized carbons (Fsp3) is 0.188. The molecule has 6 nitrogen and oxygen atoms in total. The standard InChI is InChI=1S/C16H15NO5/c1-21-15-9-4-3-6-12(15)11-7-5-8-14(17(19)20)13(11)10-16(18)22-2/h3-9H,10H2,1-2H3. The van der Waals surface area contributed by atoms with E-state index in [0.717, 1.165) is 0 Å². The fourth-order valence-electron chi connectivity index (χ4n) is 2.27. The molecule has 2 aromatic rings. The summed E-state index contributed by atoms with van der Waals surface area (Å²) in [5.74, 6) is 0.0413. The Bertz CT molecular complexity index is 711. The molecule has 6 heteroatoms. The van der Waals surface area contributed by atoms with Crippen LogP contribution in [0, 0.1) is 10.1 Å². The summed E-state index contributed by atoms with van der Waals surface area (Å²) >= 11 is 0. The third-order valence-corrected chi connectivity index (χ3v) is 3.29. The van der Waals surface area contributed by atoms with Crippen molar-refractivity contribution in [3.05, 3.63) is 58.1 Å². The molecule has 0 atom stereocenters. The number of nitrogens with zero attached hydrogens (tertiary/aromatic N) is 1. The summed E-state index contributed by atoms with van der Waals surface area (Å²) in [5.41, 5.74) is 1.46. The molecule has 0 aromatic heterocycles. The van der Waals surface area contributed by atoms with Crippen LogP contribution < -0.4 is 4.74 Å². The molecular formula is C16H15NO5. The fourth-order valence-corrected chi connectivity index (χ4v) is 2.27. The number of benzene rings is 2. The predicted molar refractivity (Wildman–Crippen MR) is 80.8 cm³/mol. The Kier molecular flexibility index (Phi) is 4.73. The highest BCUT2D eigenvalue weighted by Crippen LogP contribution is 2.36. The number of para-hydroxylation sites is 1. The van der Waals surface area contributed by atoms with E-state index in [1.54, 1.807) is 36.4 Å². The first-order chi connectivity index (χ1) is 10.6. The van der Waals surface area contributed by atoms with Gasteiger partial charge in [-0.2, -0.15) is 0 Å². The molecule has 0 saturated heterocycles. The van der Waals surface area contributed by atoms with E-state index in [1.807, 2.05) is 0 Å². The minimum absolute atomic E-state index is 0.117. The number of rotatable bonds is 5. The van der Waals surface area contributed by atoms with E-state index in [0.29, 0.717) is 22.4 Å². The van der Waals surface area contributed by atoms with Crippen LogP contribution in [0.3, 0.4) is 0 Å². The molecule has 0 fully saturated rings. The zero-order valence-electron chi connectivity index (χ0n) is 12.2. The number of esters is 1. The van der Waals surface area contributed by atoms with Crippen LogP contribution in [0.25, 0.3) is 11.1 Å². The molecule has 0 saturated carbocycles. The molecular weight excluding hydrogens is 286 g/mol. The second-order valence-electron chi connectivity index (χ2n) is 4.51. The molecule has 2 aromatic carbocycles. The number of methoxy groups -OCH3 is 2. The zero-order chi connectivity index (χ0) is 16.1. The van der Waals surface area contributed by atoms with Crippen LogP contribution in [0.2, 0.25) is 0 Å². The number of ether oxygens (including phenoxy) is 2. The molecule has 0 spiro atoms. The summed E-state index contributed by atoms with van der Waals surface area (Å²) in [7, 11) is 2.77. The van der Waals surface area contributed by atoms with Gasteiger partial charge in [-0.15, -0.1) is 0 Å². The lowest BCUT2D eigenvalue weighted by atomic mass is 9.95. The van der Waals surface area contributed by atoms with Crippen molar-refractivity contribution in [3.63, 3.8) is 0 Å². The SMILES string of the molecule is COC(=O)Cc1c(-c2ccccc2OC)cccc1[N+](=O)[O-]. The van der Waals surface area contributed by atoms with Crippen LogP contribution in [-0.2, 0) is 16.0 Å². The maximum absolute atomic E-state index is 11.6. The highest BCUT2D eigenvalue weighted by Gasteiger charge is 2.22. The van der Waals surface area contributed by atoms with Crippen LogP contribution in [0.4, 0.5) is 5.69 Å². The first-order valence-electron chi connectivity index (χ1n) is 6.55. The molecule has 22 heavy (non-hydrogen) atoms. The average Bonchev–Trinajstić information content (AvgIpc) is 2.54. The van der Waals surface area contributed by atoms with Crippen molar-refractivity contribution in [1.29, 1.82) is 0 Å². The normalized spacial score (nSPS) is 10.1. The molecule has 0 heterocycles. The molecule has 0 aliphatic rings. The van der Waals surface area contributed by atoms with Crippen molar-refractivity contribution in [2.75, 3.05) is 14.2 Å². The Morgan fingerprint density at radius 1 is 1.09 bits per heavy atom. The Morgan fingerprint density at radius 2 is 1.77 bits per heavy atom. The van der Waals surface area contributed by atoms with Crippen LogP contribution >= 0.6 is 0 Å². The van der Waals surface area contributed by atoms with Crippen LogP contribution in [0.1, 0.15) is 5.56 Å². The Labute approximate surface area is 127 Å². The summed E-state index contributed by atoms with van der Waals surface area (Å²) in [5, 5.41) is 11.3. The second-order valence-corrected chi connectivity index (χ2v) is 4.51. The molecule has 2 rings (SSSR count). The van der Waals surface area contributed by atoms with Crippen LogP contribution in [0.15, 0.2) is 42.5 Å². The highest BCUT2D eigenvalue weighted by atomic mass is 16.6. The quantitative estimate of drug-likeness (QED) is 0.482. The minimum Gasteiger partial charge on any atom is -0.496 e. The van der Waals surface area contributed by atoms with Gasteiger partial charge in [0.2, 0.25) is 0 Å². The first-order valence-corrected chi connectivity index (χ1v) is 6.55. The lowest BCUT2D eigenvalue weighted by Gasteiger charge is -2.12. The van der Waals surface area contributed by atoms with E-state index in [9.17, 15) is 14.9 Å². The van der Waals surface area contributed by atoms with Gasteiger partial charge in [0.25, 0.3) is 5.69 Å². The van der Waals surface area contributed by atoms with Gasteiger partial charge in [0.05, 0.1) is 25.6 Å². The lowest BCUT2D eigenvalue weighted by molar-refractivity contribution is -0.385. The summed E-state index contributed by atoms with van der Waals surface area (Å²) in [6, 6.07) is 11.8. The van der Waals surface area contributed by atoms with E-state index in [-0.39, 0.29) is 12.1 Å². The van der Waals surface area contributed by atoms with Crippen molar-refractivity contribution in [2.24, 2.45) is 0 Å². The lowest BCUT2D eigenvalue weighted by Crippen LogP contribution is -2.08. The smallest absolute Gasteiger partial charge is 0.310 e. The number of nitro groups is 1. The van der Waals surface area contributed by atoms with Crippen LogP contribution in [-0.4, -0.2) is 25.1 Å². The Hall–Kier alpha value is -2.89. The monoisotopic (exact) mass is 301 g/mol. The number of carbonyl (C=O) groups excluding carboxylic acids is 1. The van der Waals surface area contributed by atoms with Gasteiger partial charge in [0.1, 0.15) is 5.75 Å². The Balaban J connectivity index is 2.67. The first kappa shape index (κ1) is 15.5. The summed E-state index contributed by atoms with van der Waals surface area (Å²) in [6.07, 6.45) is -0.180. The van der Waals surface area contributed by atoms with Crippen molar-refractivity contribution < 1.29 is 19.2 Å². The van der Waals surface area contributed by atoms with Gasteiger partial charge in [-0.1, -0.05) is 30.3 Å². The molecule has 0 aliphatic carbocycles. The van der Waals surface area contributed by atoms with E-state index in [2.05, 4.69) is 4.74 Å². The number of carbonyl (C=O) groups is 1. The van der Waals surface area contributed by atoms with Gasteiger partial charge in [-0.05, 0) is 11.6 Å². The van der Waals surface area contributed by atoms with Crippen molar-refractivity contribution >= 4 is 11.7 Å². The third-order valence-electron chi connectivity index (χ3n) is 3.29. The zero-order valence-corrected chi connectivity index (χ0v) is 12.2. The molecule has 0 aliphatic heterocycles. The maximum Gasteiger partial charge on any atom is 0.310 e. The van der Waals surface area contributed by atoms with Gasteiger partial charge < -0.3 is 9.47 Å². The molecule has 0 amide bonds. The van der Waals surface area contributed by atoms with Crippen molar-refractivity contribution in [3.8, 4) is 16.9 Å². The van der Waals surface area contributed by atoms with Crippen LogP contribution in [0.5, 0.6) is 5.75 Å². The van der Waals surface area contributed by atoms with E-state index in [4.69, 9.17) is 4.74 Å².